The maximum Gasteiger partial charge on any atom is 0.337 e. The van der Waals surface area contributed by atoms with Crippen molar-refractivity contribution in [3.8, 4) is 0 Å². The van der Waals surface area contributed by atoms with Crippen molar-refractivity contribution >= 4 is 17.5 Å². The van der Waals surface area contributed by atoms with Crippen LogP contribution in [0.1, 0.15) is 17.3 Å². The standard InChI is InChI=1S/C14H14N2O2/c1-2-16(12-6-4-3-5-7-12)13-9-8-11(10-15-13)14(17)18/h3-10H,2H2,1H3,(H,17,18). The number of pyridine rings is 1. The van der Waals surface area contributed by atoms with Gasteiger partial charge < -0.3 is 10.0 Å². The summed E-state index contributed by atoms with van der Waals surface area (Å²) in [5.74, 6) is -0.217. The van der Waals surface area contributed by atoms with Gasteiger partial charge in [-0.3, -0.25) is 0 Å². The summed E-state index contributed by atoms with van der Waals surface area (Å²) in [5, 5.41) is 8.83. The Bertz CT molecular complexity index is 523. The number of hydrogen-bond donors (Lipinski definition) is 1. The molecule has 0 atom stereocenters. The molecule has 0 unspecified atom stereocenters. The summed E-state index contributed by atoms with van der Waals surface area (Å²) in [6.07, 6.45) is 1.38. The summed E-state index contributed by atoms with van der Waals surface area (Å²) in [6, 6.07) is 13.2. The highest BCUT2D eigenvalue weighted by Crippen LogP contribution is 2.22. The van der Waals surface area contributed by atoms with E-state index in [0.29, 0.717) is 0 Å². The van der Waals surface area contributed by atoms with Gasteiger partial charge in [0.2, 0.25) is 0 Å². The zero-order valence-electron chi connectivity index (χ0n) is 10.1. The molecule has 1 aromatic heterocycles. The van der Waals surface area contributed by atoms with Crippen molar-refractivity contribution in [2.75, 3.05) is 11.4 Å². The van der Waals surface area contributed by atoms with E-state index in [1.165, 1.54) is 6.20 Å². The van der Waals surface area contributed by atoms with E-state index in [4.69, 9.17) is 5.11 Å². The zero-order chi connectivity index (χ0) is 13.0. The molecule has 0 saturated carbocycles. The Balaban J connectivity index is 2.31. The summed E-state index contributed by atoms with van der Waals surface area (Å²) >= 11 is 0. The van der Waals surface area contributed by atoms with Crippen LogP contribution in [-0.2, 0) is 0 Å². The van der Waals surface area contributed by atoms with Crippen LogP contribution in [0.15, 0.2) is 48.7 Å². The van der Waals surface area contributed by atoms with Crippen molar-refractivity contribution in [3.05, 3.63) is 54.2 Å². The van der Waals surface area contributed by atoms with Crippen LogP contribution < -0.4 is 4.90 Å². The Morgan fingerprint density at radius 2 is 1.94 bits per heavy atom. The topological polar surface area (TPSA) is 53.4 Å². The lowest BCUT2D eigenvalue weighted by molar-refractivity contribution is 0.0696. The number of rotatable bonds is 4. The molecule has 92 valence electrons. The molecule has 0 fully saturated rings. The first-order valence-corrected chi connectivity index (χ1v) is 5.74. The van der Waals surface area contributed by atoms with Gasteiger partial charge in [-0.2, -0.15) is 0 Å². The third-order valence-electron chi connectivity index (χ3n) is 2.66. The summed E-state index contributed by atoms with van der Waals surface area (Å²) in [4.78, 5) is 17.0. The molecule has 1 heterocycles. The van der Waals surface area contributed by atoms with Gasteiger partial charge in [-0.1, -0.05) is 18.2 Å². The number of aromatic nitrogens is 1. The Morgan fingerprint density at radius 1 is 1.22 bits per heavy atom. The second-order valence-electron chi connectivity index (χ2n) is 3.79. The maximum absolute atomic E-state index is 10.8. The molecular formula is C14H14N2O2. The summed E-state index contributed by atoms with van der Waals surface area (Å²) < 4.78 is 0. The molecule has 0 aliphatic carbocycles. The fraction of sp³-hybridized carbons (Fsp3) is 0.143. The van der Waals surface area contributed by atoms with Gasteiger partial charge in [-0.15, -0.1) is 0 Å². The minimum absolute atomic E-state index is 0.197. The lowest BCUT2D eigenvalue weighted by Gasteiger charge is -2.21. The molecule has 2 aromatic rings. The van der Waals surface area contributed by atoms with Gasteiger partial charge in [0.1, 0.15) is 5.82 Å². The van der Waals surface area contributed by atoms with E-state index in [2.05, 4.69) is 4.98 Å². The van der Waals surface area contributed by atoms with Crippen LogP contribution in [0.5, 0.6) is 0 Å². The molecule has 18 heavy (non-hydrogen) atoms. The van der Waals surface area contributed by atoms with E-state index in [-0.39, 0.29) is 5.56 Å². The smallest absolute Gasteiger partial charge is 0.337 e. The highest BCUT2D eigenvalue weighted by Gasteiger charge is 2.09. The highest BCUT2D eigenvalue weighted by molar-refractivity contribution is 5.87. The van der Waals surface area contributed by atoms with E-state index in [0.717, 1.165) is 18.1 Å². The monoisotopic (exact) mass is 242 g/mol. The van der Waals surface area contributed by atoms with Gasteiger partial charge in [0.05, 0.1) is 5.56 Å². The lowest BCUT2D eigenvalue weighted by atomic mass is 10.2. The van der Waals surface area contributed by atoms with Crippen molar-refractivity contribution < 1.29 is 9.90 Å². The molecule has 0 aliphatic heterocycles. The van der Waals surface area contributed by atoms with E-state index in [1.807, 2.05) is 42.2 Å². The number of nitrogens with zero attached hydrogens (tertiary/aromatic N) is 2. The Labute approximate surface area is 106 Å². The third-order valence-corrected chi connectivity index (χ3v) is 2.66. The number of carboxylic acid groups (broad SMARTS) is 1. The van der Waals surface area contributed by atoms with Crippen LogP contribution >= 0.6 is 0 Å². The normalized spacial score (nSPS) is 10.1. The number of aromatic carboxylic acids is 1. The van der Waals surface area contributed by atoms with E-state index in [1.54, 1.807) is 12.1 Å². The van der Waals surface area contributed by atoms with Crippen molar-refractivity contribution in [2.45, 2.75) is 6.92 Å². The van der Waals surface area contributed by atoms with Crippen LogP contribution in [0, 0.1) is 0 Å². The molecule has 0 aliphatic rings. The average molecular weight is 242 g/mol. The fourth-order valence-electron chi connectivity index (χ4n) is 1.76. The Hall–Kier alpha value is -2.36. The predicted molar refractivity (Wildman–Crippen MR) is 70.3 cm³/mol. The second kappa shape index (κ2) is 5.31. The minimum atomic E-state index is -0.961. The van der Waals surface area contributed by atoms with Gasteiger partial charge in [-0.05, 0) is 31.2 Å². The first-order valence-electron chi connectivity index (χ1n) is 5.74. The van der Waals surface area contributed by atoms with Gasteiger partial charge in [0.25, 0.3) is 0 Å². The molecule has 1 N–H and O–H groups in total. The van der Waals surface area contributed by atoms with Gasteiger partial charge in [0.15, 0.2) is 0 Å². The first-order chi connectivity index (χ1) is 8.72. The van der Waals surface area contributed by atoms with E-state index in [9.17, 15) is 4.79 Å². The summed E-state index contributed by atoms with van der Waals surface area (Å²) in [5.41, 5.74) is 1.23. The van der Waals surface area contributed by atoms with Gasteiger partial charge in [0, 0.05) is 18.4 Å². The fourth-order valence-corrected chi connectivity index (χ4v) is 1.76. The van der Waals surface area contributed by atoms with Crippen LogP contribution in [0.3, 0.4) is 0 Å². The van der Waals surface area contributed by atoms with Crippen molar-refractivity contribution in [2.24, 2.45) is 0 Å². The molecule has 0 bridgehead atoms. The predicted octanol–water partition coefficient (Wildman–Crippen LogP) is 2.94. The minimum Gasteiger partial charge on any atom is -0.478 e. The zero-order valence-corrected chi connectivity index (χ0v) is 10.1. The highest BCUT2D eigenvalue weighted by atomic mass is 16.4. The largest absolute Gasteiger partial charge is 0.478 e. The Morgan fingerprint density at radius 3 is 2.44 bits per heavy atom. The van der Waals surface area contributed by atoms with Crippen LogP contribution in [0.25, 0.3) is 0 Å². The number of para-hydroxylation sites is 1. The second-order valence-corrected chi connectivity index (χ2v) is 3.79. The number of carbonyl (C=O) groups is 1. The van der Waals surface area contributed by atoms with Gasteiger partial charge >= 0.3 is 5.97 Å². The summed E-state index contributed by atoms with van der Waals surface area (Å²) in [6.45, 7) is 2.79. The number of hydrogen-bond acceptors (Lipinski definition) is 3. The van der Waals surface area contributed by atoms with E-state index >= 15 is 0 Å². The van der Waals surface area contributed by atoms with Crippen LogP contribution in [0.4, 0.5) is 11.5 Å². The van der Waals surface area contributed by atoms with Gasteiger partial charge in [-0.25, -0.2) is 9.78 Å². The number of benzene rings is 1. The maximum atomic E-state index is 10.8. The van der Waals surface area contributed by atoms with Crippen LogP contribution in [0.2, 0.25) is 0 Å². The van der Waals surface area contributed by atoms with Crippen molar-refractivity contribution in [1.82, 2.24) is 4.98 Å². The van der Waals surface area contributed by atoms with Crippen molar-refractivity contribution in [3.63, 3.8) is 0 Å². The van der Waals surface area contributed by atoms with E-state index < -0.39 is 5.97 Å². The number of carboxylic acids is 1. The molecule has 2 rings (SSSR count). The molecule has 0 radical (unpaired) electrons. The quantitative estimate of drug-likeness (QED) is 0.895. The molecule has 0 spiro atoms. The lowest BCUT2D eigenvalue weighted by Crippen LogP contribution is -2.17. The average Bonchev–Trinajstić information content (AvgIpc) is 2.41. The first kappa shape index (κ1) is 12.1. The summed E-state index contributed by atoms with van der Waals surface area (Å²) in [7, 11) is 0. The molecule has 4 nitrogen and oxygen atoms in total. The molecule has 0 saturated heterocycles. The number of anilines is 2. The molecule has 0 amide bonds. The SMILES string of the molecule is CCN(c1ccccc1)c1ccc(C(=O)O)cn1. The molecular weight excluding hydrogens is 228 g/mol. The Kier molecular flexibility index (Phi) is 3.57. The van der Waals surface area contributed by atoms with Crippen molar-refractivity contribution in [1.29, 1.82) is 0 Å². The van der Waals surface area contributed by atoms with Crippen LogP contribution in [-0.4, -0.2) is 22.6 Å². The third kappa shape index (κ3) is 2.48. The molecule has 1 aromatic carbocycles. The molecule has 4 heteroatoms.